The monoisotopic (exact) mass is 395 g/mol. The van der Waals surface area contributed by atoms with E-state index >= 15 is 0 Å². The van der Waals surface area contributed by atoms with Crippen molar-refractivity contribution in [3.63, 3.8) is 0 Å². The molecule has 2 aliphatic rings. The molecule has 0 aromatic heterocycles. The minimum Gasteiger partial charge on any atom is -0.351 e. The van der Waals surface area contributed by atoms with E-state index in [1.807, 2.05) is 31.2 Å². The van der Waals surface area contributed by atoms with Gasteiger partial charge in [0.15, 0.2) is 15.0 Å². The Hall–Kier alpha value is -1.87. The predicted molar refractivity (Wildman–Crippen MR) is 103 cm³/mol. The SMILES string of the molecule is Cc1ccc(N2C(=O)CN=C2S[C@@H](C)C(=O)N[C@H]2CCS(=O)(=O)C2)cc1. The molecule has 0 unspecified atom stereocenters. The number of amides is 2. The molecule has 0 bridgehead atoms. The van der Waals surface area contributed by atoms with E-state index in [1.54, 1.807) is 6.92 Å². The van der Waals surface area contributed by atoms with E-state index in [0.717, 1.165) is 11.3 Å². The van der Waals surface area contributed by atoms with Gasteiger partial charge >= 0.3 is 0 Å². The van der Waals surface area contributed by atoms with Crippen LogP contribution in [-0.4, -0.2) is 54.7 Å². The van der Waals surface area contributed by atoms with E-state index < -0.39 is 15.1 Å². The Morgan fingerprint density at radius 1 is 1.35 bits per heavy atom. The lowest BCUT2D eigenvalue weighted by molar-refractivity contribution is -0.121. The van der Waals surface area contributed by atoms with E-state index in [0.29, 0.717) is 11.6 Å². The van der Waals surface area contributed by atoms with Gasteiger partial charge < -0.3 is 5.32 Å². The second kappa shape index (κ2) is 7.40. The third kappa shape index (κ3) is 4.27. The Kier molecular flexibility index (Phi) is 5.38. The van der Waals surface area contributed by atoms with E-state index in [2.05, 4.69) is 10.3 Å². The molecule has 1 fully saturated rings. The van der Waals surface area contributed by atoms with Crippen LogP contribution in [0.1, 0.15) is 18.9 Å². The zero-order valence-electron chi connectivity index (χ0n) is 14.6. The van der Waals surface area contributed by atoms with Crippen LogP contribution in [-0.2, 0) is 19.4 Å². The Bertz CT molecular complexity index is 849. The molecule has 1 N–H and O–H groups in total. The van der Waals surface area contributed by atoms with Gasteiger partial charge in [0, 0.05) is 6.04 Å². The number of aliphatic imine (C=N–C) groups is 1. The summed E-state index contributed by atoms with van der Waals surface area (Å²) >= 11 is 1.20. The highest BCUT2D eigenvalue weighted by Gasteiger charge is 2.33. The smallest absolute Gasteiger partial charge is 0.254 e. The quantitative estimate of drug-likeness (QED) is 0.824. The van der Waals surface area contributed by atoms with Gasteiger partial charge in [0.2, 0.25) is 5.91 Å². The minimum absolute atomic E-state index is 0.00888. The van der Waals surface area contributed by atoms with E-state index in [1.165, 1.54) is 16.7 Å². The van der Waals surface area contributed by atoms with Crippen molar-refractivity contribution in [2.45, 2.75) is 31.6 Å². The number of nitrogens with one attached hydrogen (secondary N) is 1. The van der Waals surface area contributed by atoms with Gasteiger partial charge in [-0.1, -0.05) is 29.5 Å². The number of hydrogen-bond donors (Lipinski definition) is 1. The fraction of sp³-hybridized carbons (Fsp3) is 0.471. The first kappa shape index (κ1) is 18.9. The number of hydrogen-bond acceptors (Lipinski definition) is 6. The van der Waals surface area contributed by atoms with Crippen molar-refractivity contribution in [1.29, 1.82) is 0 Å². The minimum atomic E-state index is -3.04. The maximum absolute atomic E-state index is 12.4. The average Bonchev–Trinajstić information content (AvgIpc) is 3.10. The highest BCUT2D eigenvalue weighted by atomic mass is 32.2. The summed E-state index contributed by atoms with van der Waals surface area (Å²) in [7, 11) is -3.04. The molecule has 0 saturated carbocycles. The zero-order valence-corrected chi connectivity index (χ0v) is 16.3. The zero-order chi connectivity index (χ0) is 18.9. The van der Waals surface area contributed by atoms with E-state index in [9.17, 15) is 18.0 Å². The number of carbonyl (C=O) groups is 2. The largest absolute Gasteiger partial charge is 0.351 e. The Morgan fingerprint density at radius 2 is 2.04 bits per heavy atom. The molecular weight excluding hydrogens is 374 g/mol. The van der Waals surface area contributed by atoms with Crippen LogP contribution in [0.5, 0.6) is 0 Å². The lowest BCUT2D eigenvalue weighted by Crippen LogP contribution is -2.41. The maximum Gasteiger partial charge on any atom is 0.254 e. The molecule has 1 saturated heterocycles. The summed E-state index contributed by atoms with van der Waals surface area (Å²) in [5.74, 6) is -0.277. The molecule has 0 aliphatic carbocycles. The first-order valence-electron chi connectivity index (χ1n) is 8.37. The summed E-state index contributed by atoms with van der Waals surface area (Å²) in [6.45, 7) is 3.75. The summed E-state index contributed by atoms with van der Waals surface area (Å²) in [5, 5.41) is 2.78. The molecule has 3 rings (SSSR count). The van der Waals surface area contributed by atoms with Crippen molar-refractivity contribution in [2.75, 3.05) is 23.0 Å². The molecule has 26 heavy (non-hydrogen) atoms. The molecule has 2 amide bonds. The third-order valence-corrected chi connectivity index (χ3v) is 7.17. The van der Waals surface area contributed by atoms with Gasteiger partial charge in [-0.15, -0.1) is 0 Å². The predicted octanol–water partition coefficient (Wildman–Crippen LogP) is 1.12. The third-order valence-electron chi connectivity index (χ3n) is 4.31. The van der Waals surface area contributed by atoms with Crippen molar-refractivity contribution >= 4 is 44.3 Å². The molecule has 0 spiro atoms. The first-order valence-corrected chi connectivity index (χ1v) is 11.1. The lowest BCUT2D eigenvalue weighted by Gasteiger charge is -2.21. The number of aryl methyl sites for hydroxylation is 1. The molecule has 2 heterocycles. The van der Waals surface area contributed by atoms with Crippen LogP contribution in [0.4, 0.5) is 5.69 Å². The van der Waals surface area contributed by atoms with Crippen molar-refractivity contribution in [1.82, 2.24) is 5.32 Å². The fourth-order valence-electron chi connectivity index (χ4n) is 2.86. The molecule has 2 aliphatic heterocycles. The van der Waals surface area contributed by atoms with Crippen LogP contribution in [0.25, 0.3) is 0 Å². The van der Waals surface area contributed by atoms with Gasteiger partial charge in [0.25, 0.3) is 5.91 Å². The van der Waals surface area contributed by atoms with Crippen LogP contribution >= 0.6 is 11.8 Å². The van der Waals surface area contributed by atoms with Crippen molar-refractivity contribution < 1.29 is 18.0 Å². The second-order valence-electron chi connectivity index (χ2n) is 6.53. The highest BCUT2D eigenvalue weighted by Crippen LogP contribution is 2.26. The van der Waals surface area contributed by atoms with Crippen LogP contribution < -0.4 is 10.2 Å². The summed E-state index contributed by atoms with van der Waals surface area (Å²) in [5.41, 5.74) is 1.81. The van der Waals surface area contributed by atoms with Gasteiger partial charge in [-0.25, -0.2) is 8.42 Å². The van der Waals surface area contributed by atoms with Crippen LogP contribution in [0.3, 0.4) is 0 Å². The summed E-state index contributed by atoms with van der Waals surface area (Å²) in [6, 6.07) is 7.20. The van der Waals surface area contributed by atoms with Gasteiger partial charge in [-0.3, -0.25) is 19.5 Å². The molecule has 7 nitrogen and oxygen atoms in total. The Morgan fingerprint density at radius 3 is 2.65 bits per heavy atom. The molecule has 1 aromatic carbocycles. The van der Waals surface area contributed by atoms with Gasteiger partial charge in [-0.05, 0) is 32.4 Å². The molecule has 140 valence electrons. The number of anilines is 1. The van der Waals surface area contributed by atoms with E-state index in [4.69, 9.17) is 0 Å². The summed E-state index contributed by atoms with van der Waals surface area (Å²) < 4.78 is 23.0. The number of benzene rings is 1. The van der Waals surface area contributed by atoms with Crippen molar-refractivity contribution in [3.05, 3.63) is 29.8 Å². The normalized spacial score (nSPS) is 23.0. The van der Waals surface area contributed by atoms with Gasteiger partial charge in [0.1, 0.15) is 6.54 Å². The number of sulfone groups is 1. The lowest BCUT2D eigenvalue weighted by atomic mass is 10.2. The number of rotatable bonds is 4. The van der Waals surface area contributed by atoms with Crippen LogP contribution in [0.15, 0.2) is 29.3 Å². The molecule has 0 radical (unpaired) electrons. The maximum atomic E-state index is 12.4. The number of nitrogens with zero attached hydrogens (tertiary/aromatic N) is 2. The Labute approximate surface area is 157 Å². The standard InChI is InChI=1S/C17H21N3O4S2/c1-11-3-5-14(6-4-11)20-15(21)9-18-17(20)25-12(2)16(22)19-13-7-8-26(23,24)10-13/h3-6,12-13H,7-10H2,1-2H3,(H,19,22)/t12-,13-/m0/s1. The van der Waals surface area contributed by atoms with Crippen molar-refractivity contribution in [2.24, 2.45) is 4.99 Å². The number of amidine groups is 1. The summed E-state index contributed by atoms with van der Waals surface area (Å²) in [4.78, 5) is 30.4. The molecule has 2 atom stereocenters. The molecule has 1 aromatic rings. The average molecular weight is 396 g/mol. The van der Waals surface area contributed by atoms with E-state index in [-0.39, 0.29) is 35.9 Å². The van der Waals surface area contributed by atoms with Gasteiger partial charge in [0.05, 0.1) is 22.4 Å². The topological polar surface area (TPSA) is 95.9 Å². The highest BCUT2D eigenvalue weighted by molar-refractivity contribution is 8.15. The first-order chi connectivity index (χ1) is 12.2. The number of carbonyl (C=O) groups excluding carboxylic acids is 2. The van der Waals surface area contributed by atoms with Crippen LogP contribution in [0, 0.1) is 6.92 Å². The van der Waals surface area contributed by atoms with Crippen molar-refractivity contribution in [3.8, 4) is 0 Å². The summed E-state index contributed by atoms with van der Waals surface area (Å²) in [6.07, 6.45) is 0.445. The Balaban J connectivity index is 1.64. The fourth-order valence-corrected chi connectivity index (χ4v) is 5.48. The molecule has 9 heteroatoms. The molecular formula is C17H21N3O4S2. The van der Waals surface area contributed by atoms with Gasteiger partial charge in [-0.2, -0.15) is 0 Å². The number of thioether (sulfide) groups is 1. The van der Waals surface area contributed by atoms with Crippen LogP contribution in [0.2, 0.25) is 0 Å². The second-order valence-corrected chi connectivity index (χ2v) is 10.1.